The summed E-state index contributed by atoms with van der Waals surface area (Å²) in [5, 5.41) is 8.03. The molecule has 1 atom stereocenters. The van der Waals surface area contributed by atoms with Gasteiger partial charge in [0.15, 0.2) is 0 Å². The van der Waals surface area contributed by atoms with Gasteiger partial charge in [-0.3, -0.25) is 5.26 Å². The first-order valence-electron chi connectivity index (χ1n) is 4.20. The molecule has 0 saturated heterocycles. The van der Waals surface area contributed by atoms with Gasteiger partial charge in [0.05, 0.1) is 12.7 Å². The minimum Gasteiger partial charge on any atom is -0.459 e. The third kappa shape index (κ3) is 6.31. The first-order chi connectivity index (χ1) is 6.07. The quantitative estimate of drug-likeness (QED) is 0.227. The van der Waals surface area contributed by atoms with Gasteiger partial charge in [-0.1, -0.05) is 6.58 Å². The molecule has 0 aromatic rings. The van der Waals surface area contributed by atoms with Crippen LogP contribution in [0, 0.1) is 0 Å². The highest BCUT2D eigenvalue weighted by atomic mass is 17.1. The van der Waals surface area contributed by atoms with Crippen LogP contribution in [0.15, 0.2) is 12.2 Å². The predicted molar refractivity (Wildman–Crippen MR) is 48.2 cm³/mol. The molecule has 0 rings (SSSR count). The molecule has 76 valence electrons. The molecule has 0 aliphatic heterocycles. The fourth-order valence-electron chi connectivity index (χ4n) is 0.778. The second-order valence-electron chi connectivity index (χ2n) is 2.97. The molecule has 4 nitrogen and oxygen atoms in total. The molecular weight excluding hydrogens is 172 g/mol. The molecular formula is C9H16O4. The summed E-state index contributed by atoms with van der Waals surface area (Å²) in [6.45, 7) is 7.12. The Balaban J connectivity index is 3.55. The highest BCUT2D eigenvalue weighted by Gasteiger charge is 2.09. The molecule has 0 heterocycles. The highest BCUT2D eigenvalue weighted by molar-refractivity contribution is 5.87. The fourth-order valence-corrected chi connectivity index (χ4v) is 0.778. The standard InChI is InChI=1S/C9H16O4/c1-7(2)9(10)13-8(3)5-4-6-12-11/h8,11H,1,4-6H2,2-3H3. The van der Waals surface area contributed by atoms with Crippen LogP contribution in [0.5, 0.6) is 0 Å². The molecule has 0 spiro atoms. The topological polar surface area (TPSA) is 55.8 Å². The van der Waals surface area contributed by atoms with Crippen LogP contribution in [0.1, 0.15) is 26.7 Å². The molecule has 0 aromatic carbocycles. The lowest BCUT2D eigenvalue weighted by molar-refractivity contribution is -0.243. The Hall–Kier alpha value is -0.870. The molecule has 0 radical (unpaired) electrons. The molecule has 13 heavy (non-hydrogen) atoms. The summed E-state index contributed by atoms with van der Waals surface area (Å²) in [6, 6.07) is 0. The van der Waals surface area contributed by atoms with Crippen LogP contribution in [0.3, 0.4) is 0 Å². The monoisotopic (exact) mass is 188 g/mol. The lowest BCUT2D eigenvalue weighted by Gasteiger charge is -2.12. The first-order valence-corrected chi connectivity index (χ1v) is 4.20. The summed E-state index contributed by atoms with van der Waals surface area (Å²) in [5.74, 6) is -0.377. The number of rotatable bonds is 6. The van der Waals surface area contributed by atoms with Gasteiger partial charge in [-0.05, 0) is 26.7 Å². The third-order valence-corrected chi connectivity index (χ3v) is 1.50. The zero-order valence-electron chi connectivity index (χ0n) is 8.08. The van der Waals surface area contributed by atoms with Crippen LogP contribution in [-0.2, 0) is 14.4 Å². The van der Waals surface area contributed by atoms with Crippen molar-refractivity contribution in [2.45, 2.75) is 32.8 Å². The van der Waals surface area contributed by atoms with E-state index in [-0.39, 0.29) is 18.7 Å². The van der Waals surface area contributed by atoms with Crippen molar-refractivity contribution in [3.05, 3.63) is 12.2 Å². The van der Waals surface area contributed by atoms with Crippen molar-refractivity contribution in [1.29, 1.82) is 0 Å². The van der Waals surface area contributed by atoms with E-state index in [1.807, 2.05) is 0 Å². The van der Waals surface area contributed by atoms with Crippen molar-refractivity contribution >= 4 is 5.97 Å². The van der Waals surface area contributed by atoms with E-state index in [2.05, 4.69) is 11.5 Å². The molecule has 0 saturated carbocycles. The van der Waals surface area contributed by atoms with Crippen LogP contribution in [0.4, 0.5) is 0 Å². The van der Waals surface area contributed by atoms with E-state index in [1.54, 1.807) is 13.8 Å². The average molecular weight is 188 g/mol. The minimum atomic E-state index is -0.377. The van der Waals surface area contributed by atoms with Gasteiger partial charge in [0.2, 0.25) is 0 Å². The van der Waals surface area contributed by atoms with Crippen molar-refractivity contribution < 1.29 is 19.7 Å². The number of hydrogen-bond donors (Lipinski definition) is 1. The number of esters is 1. The first kappa shape index (κ1) is 12.1. The summed E-state index contributed by atoms with van der Waals surface area (Å²) in [4.78, 5) is 14.9. The lowest BCUT2D eigenvalue weighted by atomic mass is 10.2. The molecule has 0 amide bonds. The number of carbonyl (C=O) groups excluding carboxylic acids is 1. The normalized spacial score (nSPS) is 12.2. The minimum absolute atomic E-state index is 0.167. The van der Waals surface area contributed by atoms with E-state index in [0.717, 1.165) is 0 Å². The zero-order valence-corrected chi connectivity index (χ0v) is 8.08. The maximum absolute atomic E-state index is 11.0. The predicted octanol–water partition coefficient (Wildman–Crippen LogP) is 1.76. The Labute approximate surface area is 78.1 Å². The largest absolute Gasteiger partial charge is 0.459 e. The van der Waals surface area contributed by atoms with Crippen molar-refractivity contribution in [2.75, 3.05) is 6.61 Å². The molecule has 4 heteroatoms. The van der Waals surface area contributed by atoms with Crippen molar-refractivity contribution in [1.82, 2.24) is 0 Å². The lowest BCUT2D eigenvalue weighted by Crippen LogP contribution is -2.15. The molecule has 0 aliphatic rings. The van der Waals surface area contributed by atoms with Gasteiger partial charge in [-0.25, -0.2) is 9.68 Å². The summed E-state index contributed by atoms with van der Waals surface area (Å²) >= 11 is 0. The SMILES string of the molecule is C=C(C)C(=O)OC(C)CCCOO. The Morgan fingerprint density at radius 1 is 1.62 bits per heavy atom. The average Bonchev–Trinajstić information content (AvgIpc) is 2.04. The van der Waals surface area contributed by atoms with Crippen molar-refractivity contribution in [3.63, 3.8) is 0 Å². The van der Waals surface area contributed by atoms with E-state index >= 15 is 0 Å². The Morgan fingerprint density at radius 2 is 2.23 bits per heavy atom. The summed E-state index contributed by atoms with van der Waals surface area (Å²) in [5.41, 5.74) is 0.394. The molecule has 1 N–H and O–H groups in total. The van der Waals surface area contributed by atoms with E-state index in [0.29, 0.717) is 18.4 Å². The maximum atomic E-state index is 11.0. The molecule has 0 fully saturated rings. The molecule has 0 bridgehead atoms. The van der Waals surface area contributed by atoms with Gasteiger partial charge >= 0.3 is 5.97 Å². The van der Waals surface area contributed by atoms with E-state index in [4.69, 9.17) is 9.99 Å². The van der Waals surface area contributed by atoms with E-state index in [1.165, 1.54) is 0 Å². The van der Waals surface area contributed by atoms with Gasteiger partial charge in [-0.15, -0.1) is 0 Å². The van der Waals surface area contributed by atoms with Crippen molar-refractivity contribution in [2.24, 2.45) is 0 Å². The zero-order chi connectivity index (χ0) is 10.3. The van der Waals surface area contributed by atoms with Gasteiger partial charge in [-0.2, -0.15) is 0 Å². The second kappa shape index (κ2) is 6.62. The highest BCUT2D eigenvalue weighted by Crippen LogP contribution is 2.04. The smallest absolute Gasteiger partial charge is 0.333 e. The van der Waals surface area contributed by atoms with Gasteiger partial charge in [0.1, 0.15) is 0 Å². The number of hydrogen-bond acceptors (Lipinski definition) is 4. The summed E-state index contributed by atoms with van der Waals surface area (Å²) in [7, 11) is 0. The number of carbonyl (C=O) groups is 1. The van der Waals surface area contributed by atoms with Gasteiger partial charge < -0.3 is 4.74 Å². The number of ether oxygens (including phenoxy) is 1. The van der Waals surface area contributed by atoms with Crippen LogP contribution in [-0.4, -0.2) is 23.9 Å². The van der Waals surface area contributed by atoms with Crippen molar-refractivity contribution in [3.8, 4) is 0 Å². The Kier molecular flexibility index (Phi) is 6.18. The van der Waals surface area contributed by atoms with E-state index < -0.39 is 0 Å². The summed E-state index contributed by atoms with van der Waals surface area (Å²) < 4.78 is 4.98. The maximum Gasteiger partial charge on any atom is 0.333 e. The van der Waals surface area contributed by atoms with Crippen LogP contribution >= 0.6 is 0 Å². The van der Waals surface area contributed by atoms with Gasteiger partial charge in [0, 0.05) is 5.57 Å². The Bertz CT molecular complexity index is 176. The Morgan fingerprint density at radius 3 is 2.69 bits per heavy atom. The van der Waals surface area contributed by atoms with E-state index in [9.17, 15) is 4.79 Å². The molecule has 1 unspecified atom stereocenters. The van der Waals surface area contributed by atoms with Gasteiger partial charge in [0.25, 0.3) is 0 Å². The second-order valence-corrected chi connectivity index (χ2v) is 2.97. The molecule has 0 aliphatic carbocycles. The molecule has 0 aromatic heterocycles. The summed E-state index contributed by atoms with van der Waals surface area (Å²) in [6.07, 6.45) is 1.15. The fraction of sp³-hybridized carbons (Fsp3) is 0.667. The van der Waals surface area contributed by atoms with Crippen LogP contribution < -0.4 is 0 Å². The van der Waals surface area contributed by atoms with Crippen LogP contribution in [0.2, 0.25) is 0 Å². The third-order valence-electron chi connectivity index (χ3n) is 1.50. The van der Waals surface area contributed by atoms with Crippen LogP contribution in [0.25, 0.3) is 0 Å².